The third kappa shape index (κ3) is 4.54. The first-order valence-corrected chi connectivity index (χ1v) is 12.7. The molecular formula is C25H31N3O4S. The van der Waals surface area contributed by atoms with E-state index >= 15 is 0 Å². The fourth-order valence-electron chi connectivity index (χ4n) is 4.80. The fourth-order valence-corrected chi connectivity index (χ4v) is 5.73. The molecular weight excluding hydrogens is 438 g/mol. The van der Waals surface area contributed by atoms with Crippen LogP contribution in [0, 0.1) is 0 Å². The van der Waals surface area contributed by atoms with E-state index in [0.29, 0.717) is 24.1 Å². The summed E-state index contributed by atoms with van der Waals surface area (Å²) in [5.41, 5.74) is 3.47. The minimum absolute atomic E-state index is 0.0886. The first-order chi connectivity index (χ1) is 15.5. The maximum atomic E-state index is 13.4. The lowest BCUT2D eigenvalue weighted by Gasteiger charge is -2.32. The summed E-state index contributed by atoms with van der Waals surface area (Å²) in [6, 6.07) is 10.4. The molecule has 1 heterocycles. The van der Waals surface area contributed by atoms with Crippen molar-refractivity contribution < 1.29 is 18.0 Å². The van der Waals surface area contributed by atoms with Crippen LogP contribution in [-0.4, -0.2) is 51.6 Å². The van der Waals surface area contributed by atoms with Gasteiger partial charge in [0, 0.05) is 51.4 Å². The number of carbonyl (C=O) groups is 2. The summed E-state index contributed by atoms with van der Waals surface area (Å²) in [6.07, 6.45) is 2.96. The van der Waals surface area contributed by atoms with Crippen LogP contribution in [0.3, 0.4) is 0 Å². The maximum absolute atomic E-state index is 13.4. The van der Waals surface area contributed by atoms with Crippen molar-refractivity contribution >= 4 is 33.1 Å². The summed E-state index contributed by atoms with van der Waals surface area (Å²) in [6.45, 7) is 5.74. The van der Waals surface area contributed by atoms with Gasteiger partial charge in [0.15, 0.2) is 0 Å². The smallest absolute Gasteiger partial charge is 0.257 e. The van der Waals surface area contributed by atoms with Gasteiger partial charge in [0.2, 0.25) is 10.0 Å². The van der Waals surface area contributed by atoms with E-state index in [-0.39, 0.29) is 22.0 Å². The lowest BCUT2D eigenvalue weighted by atomic mass is 9.72. The molecule has 1 amide bonds. The van der Waals surface area contributed by atoms with Crippen LogP contribution in [0.15, 0.2) is 41.3 Å². The fraction of sp³-hybridized carbons (Fsp3) is 0.440. The van der Waals surface area contributed by atoms with Crippen LogP contribution in [-0.2, 0) is 26.7 Å². The van der Waals surface area contributed by atoms with Crippen LogP contribution >= 0.6 is 0 Å². The summed E-state index contributed by atoms with van der Waals surface area (Å²) in [4.78, 5) is 27.7. The minimum Gasteiger partial charge on any atom is -0.371 e. The summed E-state index contributed by atoms with van der Waals surface area (Å²) in [5, 5.41) is 2.97. The zero-order chi connectivity index (χ0) is 24.0. The predicted molar refractivity (Wildman–Crippen MR) is 130 cm³/mol. The molecule has 0 radical (unpaired) electrons. The number of hydrogen-bond donors (Lipinski definition) is 1. The molecule has 2 aromatic rings. The van der Waals surface area contributed by atoms with E-state index in [1.807, 2.05) is 26.0 Å². The Balaban J connectivity index is 1.71. The Hall–Kier alpha value is -2.71. The molecule has 1 aliphatic heterocycles. The van der Waals surface area contributed by atoms with Gasteiger partial charge in [-0.25, -0.2) is 12.7 Å². The molecule has 1 fully saturated rings. The lowest BCUT2D eigenvalue weighted by Crippen LogP contribution is -2.30. The molecule has 0 aromatic heterocycles. The third-order valence-electron chi connectivity index (χ3n) is 6.56. The number of ketones is 1. The average molecular weight is 470 g/mol. The first-order valence-electron chi connectivity index (χ1n) is 11.3. The van der Waals surface area contributed by atoms with Crippen LogP contribution in [0.5, 0.6) is 0 Å². The highest BCUT2D eigenvalue weighted by Gasteiger charge is 2.32. The molecule has 0 unspecified atom stereocenters. The highest BCUT2D eigenvalue weighted by atomic mass is 32.2. The molecule has 33 heavy (non-hydrogen) atoms. The molecule has 176 valence electrons. The van der Waals surface area contributed by atoms with Crippen molar-refractivity contribution in [2.24, 2.45) is 0 Å². The normalized spacial score (nSPS) is 17.8. The Labute approximate surface area is 195 Å². The van der Waals surface area contributed by atoms with Gasteiger partial charge in [0.25, 0.3) is 5.91 Å². The number of amides is 1. The van der Waals surface area contributed by atoms with Crippen LogP contribution in [0.4, 0.5) is 11.4 Å². The van der Waals surface area contributed by atoms with Crippen molar-refractivity contribution in [2.45, 2.75) is 49.8 Å². The van der Waals surface area contributed by atoms with Gasteiger partial charge < -0.3 is 10.2 Å². The Morgan fingerprint density at radius 1 is 1.06 bits per heavy atom. The van der Waals surface area contributed by atoms with Gasteiger partial charge in [0.05, 0.1) is 10.5 Å². The number of fused-ring (bicyclic) bond motifs is 1. The zero-order valence-electron chi connectivity index (χ0n) is 19.6. The summed E-state index contributed by atoms with van der Waals surface area (Å²) >= 11 is 0. The molecule has 0 saturated carbocycles. The summed E-state index contributed by atoms with van der Waals surface area (Å²) in [7, 11) is -0.725. The average Bonchev–Trinajstić information content (AvgIpc) is 3.27. The lowest BCUT2D eigenvalue weighted by molar-refractivity contribution is -0.120. The Kier molecular flexibility index (Phi) is 6.09. The van der Waals surface area contributed by atoms with Crippen LogP contribution in [0.1, 0.15) is 54.6 Å². The summed E-state index contributed by atoms with van der Waals surface area (Å²) in [5.74, 6) is -0.129. The van der Waals surface area contributed by atoms with Crippen LogP contribution in [0.25, 0.3) is 0 Å². The Morgan fingerprint density at radius 3 is 2.42 bits per heavy atom. The van der Waals surface area contributed by atoms with Crippen molar-refractivity contribution in [3.63, 3.8) is 0 Å². The Bertz CT molecular complexity index is 1210. The second-order valence-corrected chi connectivity index (χ2v) is 11.9. The second kappa shape index (κ2) is 8.57. The number of hydrogen-bond acceptors (Lipinski definition) is 5. The number of benzene rings is 2. The van der Waals surface area contributed by atoms with Gasteiger partial charge in [-0.2, -0.15) is 0 Å². The number of nitrogens with zero attached hydrogens (tertiary/aromatic N) is 2. The molecule has 8 heteroatoms. The largest absolute Gasteiger partial charge is 0.371 e. The molecule has 1 saturated heterocycles. The van der Waals surface area contributed by atoms with E-state index in [1.54, 1.807) is 18.2 Å². The molecule has 0 atom stereocenters. The SMILES string of the molecule is CN(C)S(=O)(=O)c1ccc(N2CCCC2)c(C(=O)Nc2ccc3c(c2)C(C)(C)CC(=O)C3)c1. The first kappa shape index (κ1) is 23.4. The van der Waals surface area contributed by atoms with Crippen molar-refractivity contribution in [2.75, 3.05) is 37.4 Å². The minimum atomic E-state index is -3.68. The van der Waals surface area contributed by atoms with Gasteiger partial charge in [0.1, 0.15) is 5.78 Å². The van der Waals surface area contributed by atoms with Gasteiger partial charge in [-0.3, -0.25) is 9.59 Å². The molecule has 2 aliphatic rings. The maximum Gasteiger partial charge on any atom is 0.257 e. The van der Waals surface area contributed by atoms with Crippen LogP contribution in [0.2, 0.25) is 0 Å². The topological polar surface area (TPSA) is 86.8 Å². The molecule has 2 aromatic carbocycles. The number of anilines is 2. The number of carbonyl (C=O) groups excluding carboxylic acids is 2. The van der Waals surface area contributed by atoms with Gasteiger partial charge in [-0.15, -0.1) is 0 Å². The van der Waals surface area contributed by atoms with E-state index in [9.17, 15) is 18.0 Å². The monoisotopic (exact) mass is 469 g/mol. The van der Waals surface area contributed by atoms with Crippen molar-refractivity contribution in [1.29, 1.82) is 0 Å². The van der Waals surface area contributed by atoms with Gasteiger partial charge >= 0.3 is 0 Å². The predicted octanol–water partition coefficient (Wildman–Crippen LogP) is 3.58. The van der Waals surface area contributed by atoms with E-state index in [1.165, 1.54) is 20.2 Å². The molecule has 1 aliphatic carbocycles. The van der Waals surface area contributed by atoms with Crippen LogP contribution < -0.4 is 10.2 Å². The number of Topliss-reactive ketones (excluding diaryl/α,β-unsaturated/α-hetero) is 1. The van der Waals surface area contributed by atoms with E-state index in [4.69, 9.17) is 0 Å². The Morgan fingerprint density at radius 2 is 1.76 bits per heavy atom. The third-order valence-corrected chi connectivity index (χ3v) is 8.37. The summed E-state index contributed by atoms with van der Waals surface area (Å²) < 4.78 is 26.6. The quantitative estimate of drug-likeness (QED) is 0.723. The highest BCUT2D eigenvalue weighted by molar-refractivity contribution is 7.89. The number of sulfonamides is 1. The zero-order valence-corrected chi connectivity index (χ0v) is 20.5. The van der Waals surface area contributed by atoms with E-state index in [0.717, 1.165) is 47.1 Å². The molecule has 4 rings (SSSR count). The second-order valence-electron chi connectivity index (χ2n) is 9.76. The van der Waals surface area contributed by atoms with Crippen molar-refractivity contribution in [3.05, 3.63) is 53.1 Å². The number of rotatable bonds is 5. The molecule has 0 spiro atoms. The van der Waals surface area contributed by atoms with Gasteiger partial charge in [-0.05, 0) is 59.7 Å². The van der Waals surface area contributed by atoms with Crippen molar-refractivity contribution in [3.8, 4) is 0 Å². The van der Waals surface area contributed by atoms with E-state index in [2.05, 4.69) is 10.2 Å². The van der Waals surface area contributed by atoms with Gasteiger partial charge in [-0.1, -0.05) is 19.9 Å². The number of nitrogens with one attached hydrogen (secondary N) is 1. The molecule has 7 nitrogen and oxygen atoms in total. The standard InChI is InChI=1S/C25H31N3O4S/c1-25(2)16-19(29)13-17-7-8-18(14-22(17)25)26-24(30)21-15-20(33(31,32)27(3)4)9-10-23(21)28-11-5-6-12-28/h7-10,14-15H,5-6,11-13,16H2,1-4H3,(H,26,30). The highest BCUT2D eigenvalue weighted by Crippen LogP contribution is 2.37. The van der Waals surface area contributed by atoms with Crippen molar-refractivity contribution in [1.82, 2.24) is 4.31 Å². The molecule has 0 bridgehead atoms. The molecule has 1 N–H and O–H groups in total. The van der Waals surface area contributed by atoms with E-state index < -0.39 is 10.0 Å².